The topological polar surface area (TPSA) is 20.2 Å². The molecule has 0 unspecified atom stereocenters. The van der Waals surface area contributed by atoms with E-state index in [9.17, 15) is 8.78 Å². The minimum absolute atomic E-state index is 0.499. The van der Waals surface area contributed by atoms with Gasteiger partial charge >= 0.3 is 0 Å². The maximum absolute atomic E-state index is 12.6. The van der Waals surface area contributed by atoms with Gasteiger partial charge in [0, 0.05) is 0 Å². The van der Waals surface area contributed by atoms with Crippen molar-refractivity contribution >= 4 is 34.8 Å². The summed E-state index contributed by atoms with van der Waals surface area (Å²) in [6.45, 7) is 0. The number of hydrogen-bond acceptors (Lipinski definition) is 1. The molecule has 0 aromatic heterocycles. The summed E-state index contributed by atoms with van der Waals surface area (Å²) in [5.74, 6) is -3.55. The lowest BCUT2D eigenvalue weighted by atomic mass is 10.3. The van der Waals surface area contributed by atoms with E-state index in [1.807, 2.05) is 0 Å². The summed E-state index contributed by atoms with van der Waals surface area (Å²) >= 11 is 15.6. The van der Waals surface area contributed by atoms with Crippen molar-refractivity contribution in [3.63, 3.8) is 0 Å². The number of benzene rings is 1. The first-order chi connectivity index (χ1) is 5.46. The zero-order valence-corrected chi connectivity index (χ0v) is 7.60. The third-order valence-electron chi connectivity index (χ3n) is 1.19. The van der Waals surface area contributed by atoms with E-state index in [-0.39, 0.29) is 0 Å². The molecule has 0 heterocycles. The van der Waals surface area contributed by atoms with Gasteiger partial charge in [0.15, 0.2) is 17.4 Å². The summed E-state index contributed by atoms with van der Waals surface area (Å²) in [7, 11) is 0. The summed E-state index contributed by atoms with van der Waals surface area (Å²) in [6.07, 6.45) is 0. The van der Waals surface area contributed by atoms with Crippen molar-refractivity contribution in [3.8, 4) is 5.75 Å². The zero-order chi connectivity index (χ0) is 9.46. The molecule has 0 saturated heterocycles. The predicted octanol–water partition coefficient (Wildman–Crippen LogP) is 3.63. The molecule has 1 aromatic rings. The summed E-state index contributed by atoms with van der Waals surface area (Å²) in [5, 5.41) is 6.98. The van der Waals surface area contributed by atoms with Crippen LogP contribution in [0.3, 0.4) is 0 Å². The van der Waals surface area contributed by atoms with Crippen LogP contribution in [0.2, 0.25) is 15.1 Å². The molecule has 0 aliphatic rings. The zero-order valence-electron chi connectivity index (χ0n) is 5.34. The second-order valence-corrected chi connectivity index (χ2v) is 3.05. The van der Waals surface area contributed by atoms with Crippen LogP contribution >= 0.6 is 34.8 Å². The molecule has 0 aliphatic heterocycles. The molecule has 1 N–H and O–H groups in total. The van der Waals surface area contributed by atoms with Crippen LogP contribution in [-0.4, -0.2) is 5.11 Å². The number of phenolic OH excluding ortho intramolecular Hbond substituents is 1. The molecular formula is C6HCl3F2O. The van der Waals surface area contributed by atoms with Crippen LogP contribution in [-0.2, 0) is 0 Å². The third kappa shape index (κ3) is 1.32. The molecule has 0 bridgehead atoms. The number of rotatable bonds is 0. The number of hydrogen-bond donors (Lipinski definition) is 1. The highest BCUT2D eigenvalue weighted by Gasteiger charge is 2.20. The number of aromatic hydroxyl groups is 1. The lowest BCUT2D eigenvalue weighted by molar-refractivity contribution is 0.456. The molecule has 6 heteroatoms. The highest BCUT2D eigenvalue weighted by Crippen LogP contribution is 2.40. The van der Waals surface area contributed by atoms with Gasteiger partial charge in [-0.1, -0.05) is 34.8 Å². The Morgan fingerprint density at radius 1 is 0.833 bits per heavy atom. The minimum Gasteiger partial charge on any atom is -0.505 e. The molecule has 0 atom stereocenters. The Morgan fingerprint density at radius 3 is 1.75 bits per heavy atom. The minimum atomic E-state index is -1.41. The summed E-state index contributed by atoms with van der Waals surface area (Å²) in [5.41, 5.74) is 0. The summed E-state index contributed by atoms with van der Waals surface area (Å²) in [4.78, 5) is 0. The van der Waals surface area contributed by atoms with E-state index in [4.69, 9.17) is 39.9 Å². The lowest BCUT2D eigenvalue weighted by Gasteiger charge is -2.04. The van der Waals surface area contributed by atoms with E-state index in [2.05, 4.69) is 0 Å². The van der Waals surface area contributed by atoms with Crippen LogP contribution in [0.5, 0.6) is 5.75 Å². The fraction of sp³-hybridized carbons (Fsp3) is 0. The Bertz CT molecular complexity index is 235. The van der Waals surface area contributed by atoms with Gasteiger partial charge in [-0.05, 0) is 0 Å². The second-order valence-electron chi connectivity index (χ2n) is 1.92. The van der Waals surface area contributed by atoms with Gasteiger partial charge in [-0.25, -0.2) is 8.78 Å². The van der Waals surface area contributed by atoms with Gasteiger partial charge in [-0.2, -0.15) is 0 Å². The Balaban J connectivity index is 3.60. The van der Waals surface area contributed by atoms with Crippen LogP contribution < -0.4 is 0 Å². The first-order valence-electron chi connectivity index (χ1n) is 2.67. The molecule has 66 valence electrons. The lowest BCUT2D eigenvalue weighted by Crippen LogP contribution is -1.89. The molecule has 0 spiro atoms. The SMILES string of the molecule is Oc1c(Cl)c(F)c(F)c(Cl)c1Cl. The largest absolute Gasteiger partial charge is 0.505 e. The quantitative estimate of drug-likeness (QED) is 0.536. The molecule has 12 heavy (non-hydrogen) atoms. The molecule has 0 amide bonds. The Labute approximate surface area is 81.5 Å². The van der Waals surface area contributed by atoms with Gasteiger partial charge in [-0.3, -0.25) is 0 Å². The summed E-state index contributed by atoms with van der Waals surface area (Å²) < 4.78 is 25.3. The van der Waals surface area contributed by atoms with Gasteiger partial charge in [0.05, 0.1) is 0 Å². The Morgan fingerprint density at radius 2 is 1.25 bits per heavy atom. The Hall–Kier alpha value is -0.250. The van der Waals surface area contributed by atoms with Crippen molar-refractivity contribution in [1.29, 1.82) is 0 Å². The van der Waals surface area contributed by atoms with Gasteiger partial charge in [-0.15, -0.1) is 0 Å². The molecular weight excluding hydrogens is 232 g/mol. The molecule has 1 aromatic carbocycles. The van der Waals surface area contributed by atoms with E-state index in [0.29, 0.717) is 0 Å². The molecule has 0 saturated carbocycles. The average Bonchev–Trinajstić information content (AvgIpc) is 2.08. The normalized spacial score (nSPS) is 10.4. The van der Waals surface area contributed by atoms with Crippen molar-refractivity contribution in [2.45, 2.75) is 0 Å². The van der Waals surface area contributed by atoms with Crippen LogP contribution in [0, 0.1) is 11.6 Å². The summed E-state index contributed by atoms with van der Waals surface area (Å²) in [6, 6.07) is 0. The van der Waals surface area contributed by atoms with Crippen LogP contribution in [0.1, 0.15) is 0 Å². The third-order valence-corrected chi connectivity index (χ3v) is 2.35. The van der Waals surface area contributed by atoms with Crippen molar-refractivity contribution in [2.75, 3.05) is 0 Å². The standard InChI is InChI=1S/C6HCl3F2O/c7-1-2(8)6(12)3(9)5(11)4(1)10/h12H. The fourth-order valence-corrected chi connectivity index (χ4v) is 1.17. The monoisotopic (exact) mass is 232 g/mol. The van der Waals surface area contributed by atoms with Crippen LogP contribution in [0.15, 0.2) is 0 Å². The number of halogens is 5. The second kappa shape index (κ2) is 3.24. The van der Waals surface area contributed by atoms with E-state index in [0.717, 1.165) is 0 Å². The highest BCUT2D eigenvalue weighted by molar-refractivity contribution is 6.44. The van der Waals surface area contributed by atoms with Crippen molar-refractivity contribution < 1.29 is 13.9 Å². The Kier molecular flexibility index (Phi) is 2.66. The van der Waals surface area contributed by atoms with Crippen molar-refractivity contribution in [1.82, 2.24) is 0 Å². The van der Waals surface area contributed by atoms with Crippen LogP contribution in [0.25, 0.3) is 0 Å². The van der Waals surface area contributed by atoms with E-state index < -0.39 is 32.5 Å². The molecule has 0 radical (unpaired) electrons. The van der Waals surface area contributed by atoms with Crippen molar-refractivity contribution in [3.05, 3.63) is 26.7 Å². The predicted molar refractivity (Wildman–Crippen MR) is 43.1 cm³/mol. The van der Waals surface area contributed by atoms with Gasteiger partial charge in [0.1, 0.15) is 15.1 Å². The first-order valence-corrected chi connectivity index (χ1v) is 3.80. The molecule has 1 rings (SSSR count). The van der Waals surface area contributed by atoms with E-state index >= 15 is 0 Å². The fourth-order valence-electron chi connectivity index (χ4n) is 0.593. The average molecular weight is 233 g/mol. The highest BCUT2D eigenvalue weighted by atomic mass is 35.5. The van der Waals surface area contributed by atoms with Gasteiger partial charge < -0.3 is 5.11 Å². The van der Waals surface area contributed by atoms with Gasteiger partial charge in [0.2, 0.25) is 0 Å². The van der Waals surface area contributed by atoms with Crippen molar-refractivity contribution in [2.24, 2.45) is 0 Å². The smallest absolute Gasteiger partial charge is 0.182 e. The first kappa shape index (κ1) is 9.84. The molecule has 1 nitrogen and oxygen atoms in total. The number of phenols is 1. The maximum Gasteiger partial charge on any atom is 0.182 e. The molecule has 0 fully saturated rings. The van der Waals surface area contributed by atoms with Crippen LogP contribution in [0.4, 0.5) is 8.78 Å². The van der Waals surface area contributed by atoms with E-state index in [1.54, 1.807) is 0 Å². The van der Waals surface area contributed by atoms with Gasteiger partial charge in [0.25, 0.3) is 0 Å². The van der Waals surface area contributed by atoms with E-state index in [1.165, 1.54) is 0 Å². The maximum atomic E-state index is 12.6. The molecule has 0 aliphatic carbocycles.